The summed E-state index contributed by atoms with van der Waals surface area (Å²) in [4.78, 5) is 24.8. The van der Waals surface area contributed by atoms with Gasteiger partial charge < -0.3 is 45.6 Å². The van der Waals surface area contributed by atoms with Gasteiger partial charge in [0.1, 0.15) is 3.70 Å². The molecule has 5 aromatic rings. The van der Waals surface area contributed by atoms with Crippen molar-refractivity contribution in [3.63, 3.8) is 0 Å². The minimum atomic E-state index is -0.351. The van der Waals surface area contributed by atoms with Crippen molar-refractivity contribution in [2.75, 3.05) is 0 Å². The Bertz CT molecular complexity index is 2040. The molecule has 0 unspecified atom stereocenters. The Morgan fingerprint density at radius 1 is 0.627 bits per heavy atom. The molecule has 0 amide bonds. The molecule has 0 atom stereocenters. The first-order chi connectivity index (χ1) is 28.6. The van der Waals surface area contributed by atoms with Gasteiger partial charge in [-0.1, -0.05) is 147 Å². The number of hydrogen-bond donors (Lipinski definition) is 0. The topological polar surface area (TPSA) is 132 Å². The fourth-order valence-electron chi connectivity index (χ4n) is 5.63. The van der Waals surface area contributed by atoms with Gasteiger partial charge >= 0.3 is 76.5 Å². The van der Waals surface area contributed by atoms with Crippen molar-refractivity contribution in [1.82, 2.24) is 39.3 Å². The Kier molecular flexibility index (Phi) is 45.3. The maximum absolute atomic E-state index is 8.12. The number of halogens is 1. The van der Waals surface area contributed by atoms with Gasteiger partial charge in [-0.25, -0.2) is 10.2 Å². The molecule has 1 aliphatic heterocycles. The second-order valence-electron chi connectivity index (χ2n) is 15.3. The minimum absolute atomic E-state index is 0. The van der Waals surface area contributed by atoms with E-state index in [-0.39, 0.29) is 111 Å². The number of nitrogens with zero attached hydrogens (tertiary/aromatic N) is 8. The van der Waals surface area contributed by atoms with Crippen LogP contribution in [0.1, 0.15) is 145 Å². The third-order valence-electron chi connectivity index (χ3n) is 9.98. The van der Waals surface area contributed by atoms with E-state index in [2.05, 4.69) is 138 Å². The Morgan fingerprint density at radius 2 is 1.00 bits per heavy atom. The molecule has 6 heterocycles. The van der Waals surface area contributed by atoms with Crippen molar-refractivity contribution in [3.8, 4) is 11.4 Å². The summed E-state index contributed by atoms with van der Waals surface area (Å²) in [5.74, 6) is 0. The van der Waals surface area contributed by atoms with E-state index in [4.69, 9.17) is 18.9 Å². The van der Waals surface area contributed by atoms with Crippen molar-refractivity contribution < 1.29 is 83.5 Å². The van der Waals surface area contributed by atoms with Crippen LogP contribution < -0.4 is 5.59 Å². The summed E-state index contributed by atoms with van der Waals surface area (Å²) in [5.41, 5.74) is 10.9. The van der Waals surface area contributed by atoms with E-state index in [0.717, 1.165) is 27.1 Å². The monoisotopic (exact) mass is 1550 g/mol. The normalized spacial score (nSPS) is 11.5. The molecule has 6 rings (SSSR count). The van der Waals surface area contributed by atoms with Crippen LogP contribution in [-0.2, 0) is 88.5 Å². The Hall–Kier alpha value is -2.30. The van der Waals surface area contributed by atoms with Crippen molar-refractivity contribution >= 4 is 41.5 Å². The van der Waals surface area contributed by atoms with Gasteiger partial charge in [0, 0.05) is 19.5 Å². The summed E-state index contributed by atoms with van der Waals surface area (Å²) in [6.07, 6.45) is 4.82. The quantitative estimate of drug-likeness (QED) is 0.0926. The molecule has 0 N–H and O–H groups in total. The summed E-state index contributed by atoms with van der Waals surface area (Å²) < 4.78 is 18.8. The molecule has 17 heteroatoms. The summed E-state index contributed by atoms with van der Waals surface area (Å²) in [6.45, 7) is 43.3. The van der Waals surface area contributed by atoms with Crippen LogP contribution in [0.3, 0.4) is 0 Å². The van der Waals surface area contributed by atoms with E-state index in [1.165, 1.54) is 57.6 Å². The van der Waals surface area contributed by atoms with Crippen LogP contribution in [0.4, 0.5) is 0 Å². The molecule has 376 valence electrons. The molecule has 0 saturated carbocycles. The van der Waals surface area contributed by atoms with Gasteiger partial charge in [-0.3, -0.25) is 9.97 Å². The van der Waals surface area contributed by atoms with Crippen LogP contribution in [0.2, 0.25) is 0 Å². The molecule has 0 bridgehead atoms. The second-order valence-corrected chi connectivity index (χ2v) is 16.3. The van der Waals surface area contributed by atoms with Gasteiger partial charge in [0.15, 0.2) is 0 Å². The molecule has 0 spiro atoms. The van der Waals surface area contributed by atoms with Crippen molar-refractivity contribution in [3.05, 3.63) is 132 Å². The van der Waals surface area contributed by atoms with E-state index < -0.39 is 0 Å². The summed E-state index contributed by atoms with van der Waals surface area (Å²) in [5, 5.41) is 13.5. The zero-order valence-electron chi connectivity index (χ0n) is 45.2. The van der Waals surface area contributed by atoms with Gasteiger partial charge in [-0.15, -0.1) is 35.2 Å². The standard InChI is InChI=1S/C13H16N3.C11H16BNO2.C10H17N2.C8H12IN2.2C2H6.CO2.3CH3.3W.H2/c1-9(2)16-11(4)10(3)13(15-16)12-7-5-6-8-14-12;1-10(2)11(3,4)15-12(14-10)9-7-5-6-8-13-9;1-6-10-8(4)9(5)12(11-10)7(2)3;1-5(2)11-7(4)6(3)8(9)10-11;2*1-2;2-1-3;;;;;;;/h5-8H,1-4H3;5-8H,1-4H3;6H2,1-5H3;1-4H3;2*1-2H3;;3*1H3;;;;1H/q-1;;2*-1;;;;3*-1;3*+2;/i;;;;;;;;;;;;;1+1. The minimum Gasteiger partial charge on any atom is -0.400 e. The van der Waals surface area contributed by atoms with E-state index in [0.29, 0.717) is 0 Å². The van der Waals surface area contributed by atoms with Crippen LogP contribution in [0.5, 0.6) is 0 Å². The predicted octanol–water partition coefficient (Wildman–Crippen LogP) is 12.4. The van der Waals surface area contributed by atoms with E-state index in [1.54, 1.807) is 12.4 Å². The zero-order valence-corrected chi connectivity index (χ0v) is 56.2. The summed E-state index contributed by atoms with van der Waals surface area (Å²) >= 11 is 2.26. The molecular formula is C50H84BIN8O4W3. The Balaban J connectivity index is -0.000000110. The first-order valence-electron chi connectivity index (χ1n) is 21.0. The van der Waals surface area contributed by atoms with Crippen molar-refractivity contribution in [1.29, 1.82) is 0 Å². The molecule has 67 heavy (non-hydrogen) atoms. The molecule has 1 saturated heterocycles. The number of pyridine rings is 2. The molecule has 1 fully saturated rings. The van der Waals surface area contributed by atoms with Gasteiger partial charge in [-0.2, -0.15) is 14.7 Å². The maximum Gasteiger partial charge on any atom is 2.00 e. The zero-order chi connectivity index (χ0) is 47.4. The van der Waals surface area contributed by atoms with Crippen LogP contribution in [0.25, 0.3) is 11.4 Å². The molecule has 0 aromatic carbocycles. The smallest absolute Gasteiger partial charge is 0.400 e. The fourth-order valence-corrected chi connectivity index (χ4v) is 6.24. The van der Waals surface area contributed by atoms with Gasteiger partial charge in [0.05, 0.1) is 28.2 Å². The number of hydrogen-bond acceptors (Lipinski definition) is 9. The molecule has 0 aliphatic carbocycles. The maximum atomic E-state index is 8.12. The average Bonchev–Trinajstić information content (AvgIpc) is 3.88. The molecule has 1 aliphatic rings. The molecule has 5 aromatic heterocycles. The average molecular weight is 1550 g/mol. The number of rotatable bonds is 6. The van der Waals surface area contributed by atoms with Crippen molar-refractivity contribution in [2.24, 2.45) is 0 Å². The Morgan fingerprint density at radius 3 is 1.28 bits per heavy atom. The SMILES string of the molecule is CC.CC.CC1(C)OB(c2ccccn2)OC1(C)C.CCc1nn([C-](C)C)c(C)c1C.Cc1c(-c2ccccn2)nn([C-](C)C)c1C.Cc1c(I)nn([C-](C)C)c1C.O=C=O.[2HH].[CH3-].[CH3-].[CH3-].[W+2].[W+2].[W+2]. The van der Waals surface area contributed by atoms with Gasteiger partial charge in [-0.05, 0) is 81.0 Å². The van der Waals surface area contributed by atoms with E-state index >= 15 is 0 Å². The van der Waals surface area contributed by atoms with Gasteiger partial charge in [0.2, 0.25) is 0 Å². The number of aromatic nitrogens is 8. The summed E-state index contributed by atoms with van der Waals surface area (Å²) in [7, 11) is -0.351. The van der Waals surface area contributed by atoms with Crippen LogP contribution in [0.15, 0.2) is 48.8 Å². The molecule has 0 radical (unpaired) electrons. The number of aryl methyl sites for hydroxylation is 1. The molecular weight excluding hydrogens is 1470 g/mol. The third-order valence-corrected chi connectivity index (χ3v) is 11.0. The summed E-state index contributed by atoms with van der Waals surface area (Å²) in [6, 6.07) is 15.2. The largest absolute Gasteiger partial charge is 2.00 e. The predicted molar refractivity (Wildman–Crippen MR) is 279 cm³/mol. The third kappa shape index (κ3) is 23.0. The first-order valence-corrected chi connectivity index (χ1v) is 22.1. The van der Waals surface area contributed by atoms with Crippen LogP contribution >= 0.6 is 22.6 Å². The van der Waals surface area contributed by atoms with Crippen LogP contribution in [0, 0.1) is 85.6 Å². The van der Waals surface area contributed by atoms with Crippen molar-refractivity contribution in [2.45, 2.75) is 163 Å². The fraction of sp³-hybridized carbons (Fsp3) is 0.480. The van der Waals surface area contributed by atoms with E-state index in [9.17, 15) is 0 Å². The van der Waals surface area contributed by atoms with Gasteiger partial charge in [0.25, 0.3) is 0 Å². The molecule has 12 nitrogen and oxygen atoms in total. The second kappa shape index (κ2) is 38.5. The van der Waals surface area contributed by atoms with Crippen LogP contribution in [-0.4, -0.2) is 63.8 Å². The van der Waals surface area contributed by atoms with E-state index in [1.807, 2.05) is 106 Å². The first kappa shape index (κ1) is 78.9. The number of carbonyl (C=O) groups excluding carboxylic acids is 2. The Labute approximate surface area is 467 Å².